The lowest BCUT2D eigenvalue weighted by atomic mass is 10.2. The van der Waals surface area contributed by atoms with Crippen molar-refractivity contribution in [2.24, 2.45) is 5.10 Å². The van der Waals surface area contributed by atoms with Crippen LogP contribution in [0.2, 0.25) is 0 Å². The van der Waals surface area contributed by atoms with Crippen molar-refractivity contribution in [2.75, 3.05) is 17.7 Å². The second-order valence-electron chi connectivity index (χ2n) is 7.87. The van der Waals surface area contributed by atoms with E-state index in [1.807, 2.05) is 30.3 Å². The second kappa shape index (κ2) is 13.3. The molecule has 0 fully saturated rings. The van der Waals surface area contributed by atoms with E-state index in [0.717, 1.165) is 28.4 Å². The van der Waals surface area contributed by atoms with Gasteiger partial charge < -0.3 is 4.74 Å². The van der Waals surface area contributed by atoms with Crippen LogP contribution in [0.25, 0.3) is 0 Å². The number of nitrogens with one attached hydrogen (secondary N) is 2. The summed E-state index contributed by atoms with van der Waals surface area (Å²) in [5.41, 5.74) is 5.04. The predicted octanol–water partition coefficient (Wildman–Crippen LogP) is 4.96. The monoisotopic (exact) mass is 531 g/mol. The third-order valence-electron chi connectivity index (χ3n) is 4.94. The van der Waals surface area contributed by atoms with Crippen molar-refractivity contribution in [1.29, 1.82) is 0 Å². The zero-order chi connectivity index (χ0) is 25.9. The molecule has 8 nitrogen and oxygen atoms in total. The van der Waals surface area contributed by atoms with Gasteiger partial charge in [-0.05, 0) is 48.9 Å². The number of hydrazone groups is 1. The van der Waals surface area contributed by atoms with Gasteiger partial charge >= 0.3 is 0 Å². The summed E-state index contributed by atoms with van der Waals surface area (Å²) < 4.78 is 5.84. The first kappa shape index (κ1) is 26.1. The van der Waals surface area contributed by atoms with E-state index in [4.69, 9.17) is 4.74 Å². The molecule has 0 radical (unpaired) electrons. The Bertz CT molecular complexity index is 1360. The first-order chi connectivity index (χ1) is 18.0. The van der Waals surface area contributed by atoms with E-state index in [-0.39, 0.29) is 18.2 Å². The molecule has 0 spiro atoms. The number of hydrogen-bond donors (Lipinski definition) is 2. The molecule has 2 N–H and O–H groups in total. The quantitative estimate of drug-likeness (QED) is 0.123. The van der Waals surface area contributed by atoms with E-state index < -0.39 is 0 Å². The SMILES string of the molecule is Cc1ccc(SCCOc2cccc(/C=N\NC(=O)Cc3nnc(NC(=O)c4ccccc4)s3)c2)cc1. The Morgan fingerprint density at radius 2 is 1.84 bits per heavy atom. The molecule has 0 aliphatic rings. The van der Waals surface area contributed by atoms with Crippen molar-refractivity contribution in [3.63, 3.8) is 0 Å². The molecular weight excluding hydrogens is 506 g/mol. The minimum absolute atomic E-state index is 0.00197. The lowest BCUT2D eigenvalue weighted by Crippen LogP contribution is -2.19. The molecule has 0 saturated heterocycles. The van der Waals surface area contributed by atoms with Crippen molar-refractivity contribution in [1.82, 2.24) is 15.6 Å². The highest BCUT2D eigenvalue weighted by Gasteiger charge is 2.12. The molecule has 188 valence electrons. The minimum Gasteiger partial charge on any atom is -0.493 e. The Labute approximate surface area is 223 Å². The molecule has 1 aromatic heterocycles. The van der Waals surface area contributed by atoms with Gasteiger partial charge in [-0.15, -0.1) is 22.0 Å². The van der Waals surface area contributed by atoms with Gasteiger partial charge in [0.2, 0.25) is 11.0 Å². The number of hydrogen-bond acceptors (Lipinski definition) is 8. The largest absolute Gasteiger partial charge is 0.493 e. The van der Waals surface area contributed by atoms with Gasteiger partial charge in [-0.1, -0.05) is 59.4 Å². The number of carbonyl (C=O) groups is 2. The molecular formula is C27H25N5O3S2. The van der Waals surface area contributed by atoms with Crippen LogP contribution < -0.4 is 15.5 Å². The zero-order valence-electron chi connectivity index (χ0n) is 20.1. The summed E-state index contributed by atoms with van der Waals surface area (Å²) in [6, 6.07) is 24.7. The summed E-state index contributed by atoms with van der Waals surface area (Å²) in [7, 11) is 0. The number of amides is 2. The molecule has 0 aliphatic heterocycles. The second-order valence-corrected chi connectivity index (χ2v) is 10.1. The first-order valence-electron chi connectivity index (χ1n) is 11.5. The third-order valence-corrected chi connectivity index (χ3v) is 6.75. The van der Waals surface area contributed by atoms with Crippen LogP contribution in [0, 0.1) is 6.92 Å². The highest BCUT2D eigenvalue weighted by atomic mass is 32.2. The number of carbonyl (C=O) groups excluding carboxylic acids is 2. The number of aryl methyl sites for hydroxylation is 1. The van der Waals surface area contributed by atoms with Crippen molar-refractivity contribution in [3.8, 4) is 5.75 Å². The van der Waals surface area contributed by atoms with E-state index in [2.05, 4.69) is 57.2 Å². The maximum absolute atomic E-state index is 12.2. The summed E-state index contributed by atoms with van der Waals surface area (Å²) in [6.07, 6.45) is 1.55. The van der Waals surface area contributed by atoms with Gasteiger partial charge in [0.05, 0.1) is 19.2 Å². The smallest absolute Gasteiger partial charge is 0.257 e. The molecule has 37 heavy (non-hydrogen) atoms. The average molecular weight is 532 g/mol. The summed E-state index contributed by atoms with van der Waals surface area (Å²) in [4.78, 5) is 25.7. The minimum atomic E-state index is -0.339. The summed E-state index contributed by atoms with van der Waals surface area (Å²) in [6.45, 7) is 2.65. The lowest BCUT2D eigenvalue weighted by Gasteiger charge is -2.07. The number of thioether (sulfide) groups is 1. The molecule has 0 bridgehead atoms. The van der Waals surface area contributed by atoms with E-state index in [1.54, 1.807) is 42.2 Å². The normalized spacial score (nSPS) is 10.8. The molecule has 4 aromatic rings. The molecule has 2 amide bonds. The average Bonchev–Trinajstić information content (AvgIpc) is 3.34. The highest BCUT2D eigenvalue weighted by Crippen LogP contribution is 2.19. The first-order valence-corrected chi connectivity index (χ1v) is 13.3. The number of anilines is 1. The van der Waals surface area contributed by atoms with Crippen LogP contribution >= 0.6 is 23.1 Å². The van der Waals surface area contributed by atoms with Crippen molar-refractivity contribution in [2.45, 2.75) is 18.2 Å². The van der Waals surface area contributed by atoms with Gasteiger partial charge in [0, 0.05) is 16.2 Å². The molecule has 0 unspecified atom stereocenters. The molecule has 0 saturated carbocycles. The Morgan fingerprint density at radius 3 is 2.65 bits per heavy atom. The van der Waals surface area contributed by atoms with Gasteiger partial charge in [-0.2, -0.15) is 5.10 Å². The fraction of sp³-hybridized carbons (Fsp3) is 0.148. The van der Waals surface area contributed by atoms with Gasteiger partial charge in [0.1, 0.15) is 10.8 Å². The molecule has 0 atom stereocenters. The van der Waals surface area contributed by atoms with Crippen LogP contribution in [0.15, 0.2) is 88.9 Å². The maximum atomic E-state index is 12.2. The maximum Gasteiger partial charge on any atom is 0.257 e. The van der Waals surface area contributed by atoms with E-state index in [1.165, 1.54) is 10.5 Å². The summed E-state index contributed by atoms with van der Waals surface area (Å²) >= 11 is 2.88. The molecule has 4 rings (SSSR count). The fourth-order valence-electron chi connectivity index (χ4n) is 3.13. The van der Waals surface area contributed by atoms with E-state index in [9.17, 15) is 9.59 Å². The van der Waals surface area contributed by atoms with Crippen molar-refractivity contribution >= 4 is 46.3 Å². The van der Waals surface area contributed by atoms with Crippen LogP contribution in [0.4, 0.5) is 5.13 Å². The summed E-state index contributed by atoms with van der Waals surface area (Å²) in [5.74, 6) is 0.946. The molecule has 0 aliphatic carbocycles. The highest BCUT2D eigenvalue weighted by molar-refractivity contribution is 7.99. The van der Waals surface area contributed by atoms with Crippen LogP contribution in [-0.2, 0) is 11.2 Å². The van der Waals surface area contributed by atoms with Crippen molar-refractivity contribution in [3.05, 3.63) is 101 Å². The fourth-order valence-corrected chi connectivity index (χ4v) is 4.59. The Kier molecular flexibility index (Phi) is 9.39. The van der Waals surface area contributed by atoms with E-state index in [0.29, 0.717) is 22.3 Å². The van der Waals surface area contributed by atoms with Crippen molar-refractivity contribution < 1.29 is 14.3 Å². The lowest BCUT2D eigenvalue weighted by molar-refractivity contribution is -0.120. The van der Waals surface area contributed by atoms with Gasteiger partial charge in [-0.3, -0.25) is 14.9 Å². The number of nitrogens with zero attached hydrogens (tertiary/aromatic N) is 3. The van der Waals surface area contributed by atoms with Crippen LogP contribution in [0.5, 0.6) is 5.75 Å². The Morgan fingerprint density at radius 1 is 1.03 bits per heavy atom. The number of rotatable bonds is 11. The molecule has 10 heteroatoms. The standard InChI is InChI=1S/C27H25N5O3S2/c1-19-10-12-23(13-11-19)36-15-14-35-22-9-5-6-20(16-22)18-28-30-24(33)17-25-31-32-27(37-25)29-26(34)21-7-3-2-4-8-21/h2-13,16,18H,14-15,17H2,1H3,(H,30,33)(H,29,32,34)/b28-18-. The number of aromatic nitrogens is 2. The van der Waals surface area contributed by atoms with Crippen LogP contribution in [-0.4, -0.2) is 40.6 Å². The number of ether oxygens (including phenoxy) is 1. The topological polar surface area (TPSA) is 106 Å². The third kappa shape index (κ3) is 8.55. The molecule has 3 aromatic carbocycles. The zero-order valence-corrected chi connectivity index (χ0v) is 21.7. The van der Waals surface area contributed by atoms with Crippen LogP contribution in [0.3, 0.4) is 0 Å². The Hall–Kier alpha value is -4.02. The Balaban J connectivity index is 1.19. The predicted molar refractivity (Wildman–Crippen MR) is 148 cm³/mol. The number of benzene rings is 3. The van der Waals surface area contributed by atoms with Gasteiger partial charge in [-0.25, -0.2) is 5.43 Å². The molecule has 1 heterocycles. The van der Waals surface area contributed by atoms with Crippen LogP contribution in [0.1, 0.15) is 26.5 Å². The van der Waals surface area contributed by atoms with Gasteiger partial charge in [0.15, 0.2) is 0 Å². The van der Waals surface area contributed by atoms with E-state index >= 15 is 0 Å². The van der Waals surface area contributed by atoms with Gasteiger partial charge in [0.25, 0.3) is 5.91 Å². The summed E-state index contributed by atoms with van der Waals surface area (Å²) in [5, 5.41) is 15.4.